The summed E-state index contributed by atoms with van der Waals surface area (Å²) in [4.78, 5) is 14.6. The Bertz CT molecular complexity index is 466. The summed E-state index contributed by atoms with van der Waals surface area (Å²) >= 11 is 0. The molecule has 2 fully saturated rings. The maximum Gasteiger partial charge on any atom is 0.273 e. The van der Waals surface area contributed by atoms with Gasteiger partial charge in [0.05, 0.1) is 6.20 Å². The maximum absolute atomic E-state index is 12.1. The Morgan fingerprint density at radius 2 is 2.10 bits per heavy atom. The number of nitrogens with one attached hydrogen (secondary N) is 1. The van der Waals surface area contributed by atoms with E-state index < -0.39 is 0 Å². The first-order valence-corrected chi connectivity index (χ1v) is 7.63. The maximum atomic E-state index is 12.1. The van der Waals surface area contributed by atoms with E-state index in [1.54, 1.807) is 17.9 Å². The van der Waals surface area contributed by atoms with Gasteiger partial charge in [-0.15, -0.1) is 5.10 Å². The van der Waals surface area contributed by atoms with Crippen LogP contribution in [0.15, 0.2) is 6.20 Å². The highest BCUT2D eigenvalue weighted by Gasteiger charge is 2.30. The van der Waals surface area contributed by atoms with Gasteiger partial charge in [-0.3, -0.25) is 14.4 Å². The van der Waals surface area contributed by atoms with Crippen LogP contribution in [0.5, 0.6) is 0 Å². The van der Waals surface area contributed by atoms with Crippen LogP contribution in [0.1, 0.15) is 49.0 Å². The molecular formula is C14H23N5O. The highest BCUT2D eigenvalue weighted by molar-refractivity contribution is 5.92. The zero-order valence-corrected chi connectivity index (χ0v) is 12.1. The van der Waals surface area contributed by atoms with E-state index in [4.69, 9.17) is 0 Å². The van der Waals surface area contributed by atoms with Crippen LogP contribution in [-0.4, -0.2) is 51.0 Å². The number of rotatable bonds is 3. The van der Waals surface area contributed by atoms with Crippen molar-refractivity contribution in [3.63, 3.8) is 0 Å². The molecule has 1 N–H and O–H groups in total. The highest BCUT2D eigenvalue weighted by Crippen LogP contribution is 2.25. The van der Waals surface area contributed by atoms with Gasteiger partial charge in [0, 0.05) is 32.2 Å². The number of amides is 1. The van der Waals surface area contributed by atoms with Crippen molar-refractivity contribution in [2.75, 3.05) is 13.1 Å². The Kier molecular flexibility index (Phi) is 4.00. The van der Waals surface area contributed by atoms with Crippen LogP contribution >= 0.6 is 0 Å². The zero-order chi connectivity index (χ0) is 13.9. The number of carbonyl (C=O) groups is 1. The van der Waals surface area contributed by atoms with Crippen LogP contribution in [0, 0.1) is 0 Å². The zero-order valence-electron chi connectivity index (χ0n) is 12.1. The summed E-state index contributed by atoms with van der Waals surface area (Å²) in [5.74, 6) is -0.103. The fourth-order valence-electron chi connectivity index (χ4n) is 3.39. The van der Waals surface area contributed by atoms with Crippen molar-refractivity contribution in [2.45, 2.75) is 50.6 Å². The molecule has 1 aliphatic heterocycles. The molecule has 0 bridgehead atoms. The lowest BCUT2D eigenvalue weighted by Crippen LogP contribution is -2.40. The molecule has 6 nitrogen and oxygen atoms in total. The average molecular weight is 277 g/mol. The summed E-state index contributed by atoms with van der Waals surface area (Å²) in [7, 11) is 1.77. The normalized spacial score (nSPS) is 24.9. The fraction of sp³-hybridized carbons (Fsp3) is 0.786. The lowest BCUT2D eigenvalue weighted by molar-refractivity contribution is 0.0929. The second-order valence-electron chi connectivity index (χ2n) is 6.02. The van der Waals surface area contributed by atoms with E-state index in [9.17, 15) is 4.79 Å². The summed E-state index contributed by atoms with van der Waals surface area (Å²) in [5.41, 5.74) is 0.406. The van der Waals surface area contributed by atoms with E-state index >= 15 is 0 Å². The Balaban J connectivity index is 1.51. The molecule has 6 heteroatoms. The van der Waals surface area contributed by atoms with E-state index in [0.29, 0.717) is 5.69 Å². The molecule has 1 unspecified atom stereocenters. The summed E-state index contributed by atoms with van der Waals surface area (Å²) in [5, 5.41) is 10.7. The summed E-state index contributed by atoms with van der Waals surface area (Å²) < 4.78 is 1.55. The molecule has 1 aliphatic carbocycles. The minimum absolute atomic E-state index is 0.103. The molecular weight excluding hydrogens is 254 g/mol. The van der Waals surface area contributed by atoms with Crippen molar-refractivity contribution in [3.05, 3.63) is 11.9 Å². The van der Waals surface area contributed by atoms with Gasteiger partial charge in [-0.25, -0.2) is 0 Å². The van der Waals surface area contributed by atoms with Crippen LogP contribution in [0.4, 0.5) is 0 Å². The molecule has 2 aliphatic rings. The highest BCUT2D eigenvalue weighted by atomic mass is 16.2. The first kappa shape index (κ1) is 13.5. The van der Waals surface area contributed by atoms with E-state index in [1.807, 2.05) is 0 Å². The first-order chi connectivity index (χ1) is 9.72. The molecule has 0 radical (unpaired) electrons. The van der Waals surface area contributed by atoms with Crippen molar-refractivity contribution in [2.24, 2.45) is 7.05 Å². The van der Waals surface area contributed by atoms with Crippen molar-refractivity contribution >= 4 is 5.91 Å². The van der Waals surface area contributed by atoms with Gasteiger partial charge in [-0.05, 0) is 19.3 Å². The summed E-state index contributed by atoms with van der Waals surface area (Å²) in [6, 6.07) is 0.994. The number of hydrogen-bond acceptors (Lipinski definition) is 4. The minimum atomic E-state index is -0.103. The Hall–Kier alpha value is -1.43. The van der Waals surface area contributed by atoms with E-state index in [1.165, 1.54) is 32.1 Å². The second kappa shape index (κ2) is 5.91. The lowest BCUT2D eigenvalue weighted by atomic mass is 9.94. The monoisotopic (exact) mass is 277 g/mol. The quantitative estimate of drug-likeness (QED) is 0.893. The van der Waals surface area contributed by atoms with Gasteiger partial charge in [-0.1, -0.05) is 24.5 Å². The third kappa shape index (κ3) is 3.00. The third-order valence-corrected chi connectivity index (χ3v) is 4.48. The molecule has 20 heavy (non-hydrogen) atoms. The van der Waals surface area contributed by atoms with Gasteiger partial charge in [-0.2, -0.15) is 0 Å². The molecule has 1 amide bonds. The lowest BCUT2D eigenvalue weighted by Gasteiger charge is -2.31. The van der Waals surface area contributed by atoms with Crippen molar-refractivity contribution in [1.82, 2.24) is 25.2 Å². The van der Waals surface area contributed by atoms with Crippen LogP contribution in [0.2, 0.25) is 0 Å². The van der Waals surface area contributed by atoms with Crippen molar-refractivity contribution in [1.29, 1.82) is 0 Å². The Labute approximate surface area is 119 Å². The van der Waals surface area contributed by atoms with E-state index in [0.717, 1.165) is 25.6 Å². The predicted molar refractivity (Wildman–Crippen MR) is 75.3 cm³/mol. The number of aromatic nitrogens is 3. The molecule has 1 saturated carbocycles. The second-order valence-corrected chi connectivity index (χ2v) is 6.02. The third-order valence-electron chi connectivity index (χ3n) is 4.48. The minimum Gasteiger partial charge on any atom is -0.347 e. The molecule has 110 valence electrons. The molecule has 3 rings (SSSR count). The largest absolute Gasteiger partial charge is 0.347 e. The van der Waals surface area contributed by atoms with Gasteiger partial charge in [0.2, 0.25) is 0 Å². The topological polar surface area (TPSA) is 63.1 Å². The van der Waals surface area contributed by atoms with Gasteiger partial charge in [0.15, 0.2) is 5.69 Å². The summed E-state index contributed by atoms with van der Waals surface area (Å²) in [6.45, 7) is 2.09. The number of carbonyl (C=O) groups excluding carboxylic acids is 1. The van der Waals surface area contributed by atoms with E-state index in [2.05, 4.69) is 20.5 Å². The molecule has 1 atom stereocenters. The molecule has 1 aromatic rings. The van der Waals surface area contributed by atoms with Gasteiger partial charge >= 0.3 is 0 Å². The Morgan fingerprint density at radius 1 is 1.30 bits per heavy atom. The van der Waals surface area contributed by atoms with Gasteiger partial charge in [0.1, 0.15) is 0 Å². The molecule has 2 heterocycles. The van der Waals surface area contributed by atoms with Crippen LogP contribution < -0.4 is 5.32 Å². The number of hydrogen-bond donors (Lipinski definition) is 1. The average Bonchev–Trinajstić information content (AvgIpc) is 3.09. The molecule has 1 saturated heterocycles. The number of likely N-dealkylation sites (tertiary alicyclic amines) is 1. The summed E-state index contributed by atoms with van der Waals surface area (Å²) in [6.07, 6.45) is 9.45. The first-order valence-electron chi connectivity index (χ1n) is 7.63. The molecule has 1 aromatic heterocycles. The van der Waals surface area contributed by atoms with Crippen LogP contribution in [0.3, 0.4) is 0 Å². The van der Waals surface area contributed by atoms with Crippen molar-refractivity contribution in [3.8, 4) is 0 Å². The molecule has 0 spiro atoms. The van der Waals surface area contributed by atoms with E-state index in [-0.39, 0.29) is 11.9 Å². The SMILES string of the molecule is Cn1cc(C(=O)NC2CCN(C3CCCCC3)C2)nn1. The number of nitrogens with zero attached hydrogens (tertiary/aromatic N) is 4. The smallest absolute Gasteiger partial charge is 0.273 e. The van der Waals surface area contributed by atoms with Gasteiger partial charge in [0.25, 0.3) is 5.91 Å². The van der Waals surface area contributed by atoms with Crippen LogP contribution in [0.25, 0.3) is 0 Å². The van der Waals surface area contributed by atoms with Crippen molar-refractivity contribution < 1.29 is 4.79 Å². The predicted octanol–water partition coefficient (Wildman–Crippen LogP) is 0.952. The molecule has 0 aromatic carbocycles. The Morgan fingerprint density at radius 3 is 2.80 bits per heavy atom. The number of aryl methyl sites for hydroxylation is 1. The fourth-order valence-corrected chi connectivity index (χ4v) is 3.39. The van der Waals surface area contributed by atoms with Gasteiger partial charge < -0.3 is 5.32 Å². The standard InChI is InChI=1S/C14H23N5O/c1-18-10-13(16-17-18)14(20)15-11-7-8-19(9-11)12-5-3-2-4-6-12/h10-12H,2-9H2,1H3,(H,15,20). The van der Waals surface area contributed by atoms with Crippen LogP contribution in [-0.2, 0) is 7.05 Å².